The fraction of sp³-hybridized carbons (Fsp3) is 0.900. The number of likely N-dealkylation sites (tertiary alicyclic amines) is 1. The van der Waals surface area contributed by atoms with Crippen molar-refractivity contribution in [2.75, 3.05) is 32.1 Å². The Morgan fingerprint density at radius 2 is 2.18 bits per heavy atom. The van der Waals surface area contributed by atoms with E-state index in [-0.39, 0.29) is 24.4 Å². The van der Waals surface area contributed by atoms with E-state index in [1.54, 1.807) is 11.8 Å². The number of likely N-dealkylation sites (N-methyl/N-ethyl adjacent to an activating group) is 1. The molecule has 1 unspecified atom stereocenters. The molecular weight excluding hydrogens is 257 g/mol. The van der Waals surface area contributed by atoms with Crippen molar-refractivity contribution < 1.29 is 18.0 Å². The Bertz CT molecular complexity index is 273. The third kappa shape index (κ3) is 4.35. The molecule has 0 aromatic rings. The SMILES string of the molecule is CCN(C(=O)CCl)C1CCN(CC(F)(F)F)C1. The van der Waals surface area contributed by atoms with Gasteiger partial charge in [0, 0.05) is 25.7 Å². The zero-order valence-electron chi connectivity index (χ0n) is 9.63. The van der Waals surface area contributed by atoms with Gasteiger partial charge in [-0.15, -0.1) is 11.6 Å². The smallest absolute Gasteiger partial charge is 0.338 e. The number of hydrogen-bond donors (Lipinski definition) is 0. The van der Waals surface area contributed by atoms with Gasteiger partial charge in [-0.05, 0) is 13.3 Å². The van der Waals surface area contributed by atoms with Crippen molar-refractivity contribution in [1.82, 2.24) is 9.80 Å². The van der Waals surface area contributed by atoms with Crippen molar-refractivity contribution in [1.29, 1.82) is 0 Å². The molecule has 0 bridgehead atoms. The zero-order valence-corrected chi connectivity index (χ0v) is 10.4. The molecule has 1 aliphatic heterocycles. The Balaban J connectivity index is 2.51. The summed E-state index contributed by atoms with van der Waals surface area (Å²) in [6.45, 7) is 2.02. The molecule has 17 heavy (non-hydrogen) atoms. The second-order valence-electron chi connectivity index (χ2n) is 4.11. The minimum absolute atomic E-state index is 0.121. The fourth-order valence-electron chi connectivity index (χ4n) is 2.18. The predicted octanol–water partition coefficient (Wildman–Crippen LogP) is 1.71. The number of amides is 1. The van der Waals surface area contributed by atoms with Crippen molar-refractivity contribution >= 4 is 17.5 Å². The van der Waals surface area contributed by atoms with Gasteiger partial charge in [0.2, 0.25) is 5.91 Å². The van der Waals surface area contributed by atoms with Gasteiger partial charge < -0.3 is 4.90 Å². The van der Waals surface area contributed by atoms with Gasteiger partial charge >= 0.3 is 6.18 Å². The zero-order chi connectivity index (χ0) is 13.1. The summed E-state index contributed by atoms with van der Waals surface area (Å²) in [5.41, 5.74) is 0. The Hall–Kier alpha value is -0.490. The summed E-state index contributed by atoms with van der Waals surface area (Å²) in [5.74, 6) is -0.336. The average Bonchev–Trinajstić information content (AvgIpc) is 2.64. The number of rotatable bonds is 4. The molecule has 0 aromatic heterocycles. The molecule has 0 radical (unpaired) electrons. The van der Waals surface area contributed by atoms with Crippen molar-refractivity contribution in [3.8, 4) is 0 Å². The highest BCUT2D eigenvalue weighted by Gasteiger charge is 2.36. The summed E-state index contributed by atoms with van der Waals surface area (Å²) in [5, 5.41) is 0. The average molecular weight is 273 g/mol. The van der Waals surface area contributed by atoms with E-state index in [0.717, 1.165) is 0 Å². The number of halogens is 4. The van der Waals surface area contributed by atoms with Crippen LogP contribution in [0.2, 0.25) is 0 Å². The molecule has 1 aliphatic rings. The van der Waals surface area contributed by atoms with Crippen LogP contribution in [0.1, 0.15) is 13.3 Å². The number of carbonyl (C=O) groups excluding carboxylic acids is 1. The largest absolute Gasteiger partial charge is 0.401 e. The number of hydrogen-bond acceptors (Lipinski definition) is 2. The summed E-state index contributed by atoms with van der Waals surface area (Å²) < 4.78 is 36.6. The quantitative estimate of drug-likeness (QED) is 0.728. The van der Waals surface area contributed by atoms with E-state index >= 15 is 0 Å². The van der Waals surface area contributed by atoms with Crippen LogP contribution in [0.4, 0.5) is 13.2 Å². The molecule has 1 heterocycles. The molecule has 0 spiro atoms. The highest BCUT2D eigenvalue weighted by molar-refractivity contribution is 6.27. The Morgan fingerprint density at radius 3 is 2.65 bits per heavy atom. The van der Waals surface area contributed by atoms with Crippen LogP contribution in [-0.2, 0) is 4.79 Å². The summed E-state index contributed by atoms with van der Waals surface area (Å²) in [6.07, 6.45) is -3.60. The van der Waals surface area contributed by atoms with Gasteiger partial charge in [0.25, 0.3) is 0 Å². The monoisotopic (exact) mass is 272 g/mol. The van der Waals surface area contributed by atoms with Crippen LogP contribution in [0.3, 0.4) is 0 Å². The van der Waals surface area contributed by atoms with Crippen molar-refractivity contribution in [3.05, 3.63) is 0 Å². The second-order valence-corrected chi connectivity index (χ2v) is 4.37. The van der Waals surface area contributed by atoms with Crippen LogP contribution in [0, 0.1) is 0 Å². The number of alkyl halides is 4. The Kier molecular flexibility index (Phi) is 5.06. The summed E-state index contributed by atoms with van der Waals surface area (Å²) in [4.78, 5) is 14.4. The van der Waals surface area contributed by atoms with E-state index in [4.69, 9.17) is 11.6 Å². The molecule has 100 valence electrons. The van der Waals surface area contributed by atoms with Gasteiger partial charge in [0.1, 0.15) is 5.88 Å². The molecule has 1 atom stereocenters. The molecule has 1 fully saturated rings. The number of carbonyl (C=O) groups is 1. The van der Waals surface area contributed by atoms with Crippen LogP contribution in [0.25, 0.3) is 0 Å². The first-order valence-corrected chi connectivity index (χ1v) is 6.05. The van der Waals surface area contributed by atoms with E-state index in [1.807, 2.05) is 0 Å². The van der Waals surface area contributed by atoms with E-state index in [9.17, 15) is 18.0 Å². The summed E-state index contributed by atoms with van der Waals surface area (Å²) >= 11 is 5.46. The van der Waals surface area contributed by atoms with Gasteiger partial charge in [-0.3, -0.25) is 9.69 Å². The lowest BCUT2D eigenvalue weighted by Crippen LogP contribution is -2.43. The lowest BCUT2D eigenvalue weighted by Gasteiger charge is -2.27. The number of nitrogens with zero attached hydrogens (tertiary/aromatic N) is 2. The topological polar surface area (TPSA) is 23.6 Å². The maximum absolute atomic E-state index is 12.2. The molecule has 0 aliphatic carbocycles. The van der Waals surface area contributed by atoms with Gasteiger partial charge in [0.15, 0.2) is 0 Å². The molecule has 0 N–H and O–H groups in total. The third-order valence-electron chi connectivity index (χ3n) is 2.87. The summed E-state index contributed by atoms with van der Waals surface area (Å²) in [6, 6.07) is -0.145. The molecular formula is C10H16ClF3N2O. The summed E-state index contributed by atoms with van der Waals surface area (Å²) in [7, 11) is 0. The van der Waals surface area contributed by atoms with Crippen LogP contribution >= 0.6 is 11.6 Å². The minimum atomic E-state index is -4.18. The van der Waals surface area contributed by atoms with Crippen LogP contribution in [0.5, 0.6) is 0 Å². The molecule has 1 rings (SSSR count). The highest BCUT2D eigenvalue weighted by atomic mass is 35.5. The first-order chi connectivity index (χ1) is 7.87. The lowest BCUT2D eigenvalue weighted by atomic mass is 10.2. The first kappa shape index (κ1) is 14.6. The van der Waals surface area contributed by atoms with Crippen LogP contribution in [0.15, 0.2) is 0 Å². The standard InChI is InChI=1S/C10H16ClF3N2O/c1-2-16(9(17)5-11)8-3-4-15(6-8)7-10(12,13)14/h8H,2-7H2,1H3. The third-order valence-corrected chi connectivity index (χ3v) is 3.10. The second kappa shape index (κ2) is 5.91. The molecule has 0 saturated carbocycles. The maximum atomic E-state index is 12.2. The fourth-order valence-corrected chi connectivity index (χ4v) is 2.33. The molecule has 7 heteroatoms. The van der Waals surface area contributed by atoms with E-state index < -0.39 is 12.7 Å². The molecule has 3 nitrogen and oxygen atoms in total. The first-order valence-electron chi connectivity index (χ1n) is 5.52. The van der Waals surface area contributed by atoms with Gasteiger partial charge in [-0.2, -0.15) is 13.2 Å². The van der Waals surface area contributed by atoms with E-state index in [1.165, 1.54) is 4.90 Å². The van der Waals surface area contributed by atoms with Crippen LogP contribution in [-0.4, -0.2) is 60.0 Å². The predicted molar refractivity (Wildman–Crippen MR) is 59.0 cm³/mol. The van der Waals surface area contributed by atoms with E-state index in [0.29, 0.717) is 19.5 Å². The normalized spacial score (nSPS) is 21.8. The van der Waals surface area contributed by atoms with Crippen LogP contribution < -0.4 is 0 Å². The Morgan fingerprint density at radius 1 is 1.53 bits per heavy atom. The Labute approximate surface area is 103 Å². The van der Waals surface area contributed by atoms with Crippen molar-refractivity contribution in [3.63, 3.8) is 0 Å². The van der Waals surface area contributed by atoms with Crippen molar-refractivity contribution in [2.45, 2.75) is 25.6 Å². The van der Waals surface area contributed by atoms with E-state index in [2.05, 4.69) is 0 Å². The molecule has 0 aromatic carbocycles. The van der Waals surface area contributed by atoms with Gasteiger partial charge in [-0.25, -0.2) is 0 Å². The highest BCUT2D eigenvalue weighted by Crippen LogP contribution is 2.22. The van der Waals surface area contributed by atoms with Gasteiger partial charge in [-0.1, -0.05) is 0 Å². The molecule has 1 amide bonds. The van der Waals surface area contributed by atoms with Crippen molar-refractivity contribution in [2.24, 2.45) is 0 Å². The molecule has 1 saturated heterocycles. The maximum Gasteiger partial charge on any atom is 0.401 e. The lowest BCUT2D eigenvalue weighted by molar-refractivity contribution is -0.144. The van der Waals surface area contributed by atoms with Gasteiger partial charge in [0.05, 0.1) is 6.54 Å². The minimum Gasteiger partial charge on any atom is -0.338 e.